The molecule has 146 valence electrons. The Morgan fingerprint density at radius 1 is 1.26 bits per heavy atom. The zero-order chi connectivity index (χ0) is 20.2. The molecule has 0 aliphatic carbocycles. The van der Waals surface area contributed by atoms with E-state index in [1.165, 1.54) is 30.5 Å². The van der Waals surface area contributed by atoms with Crippen LogP contribution in [0.15, 0.2) is 47.0 Å². The maximum atomic E-state index is 13.0. The predicted molar refractivity (Wildman–Crippen MR) is 103 cm³/mol. The van der Waals surface area contributed by atoms with Crippen molar-refractivity contribution >= 4 is 26.9 Å². The smallest absolute Gasteiger partial charge is 0.406 e. The van der Waals surface area contributed by atoms with Crippen LogP contribution in [0.1, 0.15) is 29.0 Å². The van der Waals surface area contributed by atoms with Gasteiger partial charge in [0.2, 0.25) is 0 Å². The Morgan fingerprint density at radius 3 is 2.41 bits per heavy atom. The molecule has 0 saturated heterocycles. The minimum absolute atomic E-state index is 0.200. The van der Waals surface area contributed by atoms with Crippen molar-refractivity contribution in [2.24, 2.45) is 4.36 Å². The third kappa shape index (κ3) is 6.59. The Bertz CT molecular complexity index is 917. The number of nitrogens with zero attached hydrogens (tertiary/aromatic N) is 2. The Morgan fingerprint density at radius 2 is 1.89 bits per heavy atom. The zero-order valence-corrected chi connectivity index (χ0v) is 16.6. The summed E-state index contributed by atoms with van der Waals surface area (Å²) in [5, 5.41) is -0.369. The second-order valence-corrected chi connectivity index (χ2v) is 9.17. The van der Waals surface area contributed by atoms with Gasteiger partial charge in [-0.05, 0) is 43.2 Å². The summed E-state index contributed by atoms with van der Waals surface area (Å²) in [6.45, 7) is 3.66. The summed E-state index contributed by atoms with van der Waals surface area (Å²) in [4.78, 5) is 4.42. The van der Waals surface area contributed by atoms with E-state index in [0.717, 1.165) is 11.3 Å². The zero-order valence-electron chi connectivity index (χ0n) is 15.0. The Balaban J connectivity index is 2.10. The molecule has 1 aromatic heterocycles. The molecule has 9 heteroatoms. The molecule has 0 N–H and O–H groups in total. The van der Waals surface area contributed by atoms with Gasteiger partial charge in [-0.1, -0.05) is 30.4 Å². The van der Waals surface area contributed by atoms with Gasteiger partial charge in [-0.25, -0.2) is 4.21 Å². The maximum Gasteiger partial charge on any atom is 0.573 e. The molecule has 0 aliphatic heterocycles. The molecule has 1 heterocycles. The number of alkyl halides is 3. The van der Waals surface area contributed by atoms with E-state index < -0.39 is 16.1 Å². The molecule has 4 nitrogen and oxygen atoms in total. The number of ether oxygens (including phenoxy) is 1. The molecule has 0 spiro atoms. The largest absolute Gasteiger partial charge is 0.573 e. The fourth-order valence-electron chi connectivity index (χ4n) is 2.27. The molecule has 2 unspecified atom stereocenters. The van der Waals surface area contributed by atoms with Gasteiger partial charge >= 0.3 is 6.36 Å². The van der Waals surface area contributed by atoms with Crippen LogP contribution < -0.4 is 4.74 Å². The van der Waals surface area contributed by atoms with Crippen molar-refractivity contribution in [2.75, 3.05) is 6.26 Å². The van der Waals surface area contributed by atoms with Crippen LogP contribution in [0.5, 0.6) is 5.75 Å². The maximum absolute atomic E-state index is 13.0. The number of thiocarbonyl (C=S) groups is 1. The van der Waals surface area contributed by atoms with Gasteiger partial charge in [0.15, 0.2) is 0 Å². The molecule has 0 fully saturated rings. The third-order valence-corrected chi connectivity index (χ3v) is 6.37. The molecule has 0 radical (unpaired) electrons. The van der Waals surface area contributed by atoms with E-state index in [1.54, 1.807) is 13.1 Å². The second-order valence-electron chi connectivity index (χ2n) is 6.09. The van der Waals surface area contributed by atoms with Gasteiger partial charge in [-0.2, -0.15) is 4.36 Å². The number of aromatic nitrogens is 1. The van der Waals surface area contributed by atoms with Crippen molar-refractivity contribution in [1.82, 2.24) is 4.98 Å². The van der Waals surface area contributed by atoms with Crippen molar-refractivity contribution in [2.45, 2.75) is 31.9 Å². The normalized spacial score (nSPS) is 14.9. The molecule has 1 aromatic carbocycles. The number of pyridine rings is 1. The van der Waals surface area contributed by atoms with E-state index >= 15 is 0 Å². The third-order valence-electron chi connectivity index (χ3n) is 3.86. The molecule has 2 rings (SSSR count). The lowest BCUT2D eigenvalue weighted by Crippen LogP contribution is -2.17. The first-order valence-electron chi connectivity index (χ1n) is 7.97. The highest BCUT2D eigenvalue weighted by Crippen LogP contribution is 2.24. The summed E-state index contributed by atoms with van der Waals surface area (Å²) >= 11 is 5.22. The highest BCUT2D eigenvalue weighted by molar-refractivity contribution is 7.94. The monoisotopic (exact) mass is 416 g/mol. The molecule has 2 aromatic rings. The van der Waals surface area contributed by atoms with Crippen LogP contribution in [-0.4, -0.2) is 26.8 Å². The first kappa shape index (κ1) is 21.3. The van der Waals surface area contributed by atoms with Crippen LogP contribution in [0.3, 0.4) is 0 Å². The molecule has 0 saturated carbocycles. The van der Waals surface area contributed by atoms with Gasteiger partial charge in [-0.3, -0.25) is 4.98 Å². The number of hydrogen-bond acceptors (Lipinski definition) is 4. The lowest BCUT2D eigenvalue weighted by atomic mass is 10.1. The SMILES string of the molecule is Cc1ccc(C(C)S(C)(=O)=NC(=S)Cc2ccc(OC(F)(F)F)cc2)cn1. The second kappa shape index (κ2) is 8.35. The average Bonchev–Trinajstić information content (AvgIpc) is 2.55. The van der Waals surface area contributed by atoms with Crippen LogP contribution in [0.2, 0.25) is 0 Å². The minimum Gasteiger partial charge on any atom is -0.406 e. The molecule has 0 bridgehead atoms. The van der Waals surface area contributed by atoms with Crippen LogP contribution in [0, 0.1) is 6.92 Å². The summed E-state index contributed by atoms with van der Waals surface area (Å²) < 4.78 is 57.5. The van der Waals surface area contributed by atoms with Crippen molar-refractivity contribution in [3.8, 4) is 5.75 Å². The van der Waals surface area contributed by atoms with Crippen molar-refractivity contribution in [1.29, 1.82) is 0 Å². The van der Waals surface area contributed by atoms with Gasteiger partial charge in [0.05, 0.1) is 15.0 Å². The molecule has 0 amide bonds. The highest BCUT2D eigenvalue weighted by Gasteiger charge is 2.30. The fraction of sp³-hybridized carbons (Fsp3) is 0.333. The van der Waals surface area contributed by atoms with Gasteiger partial charge < -0.3 is 4.74 Å². The van der Waals surface area contributed by atoms with E-state index in [2.05, 4.69) is 14.1 Å². The van der Waals surface area contributed by atoms with Gasteiger partial charge in [0.1, 0.15) is 10.7 Å². The van der Waals surface area contributed by atoms with Crippen LogP contribution >= 0.6 is 12.2 Å². The summed E-state index contributed by atoms with van der Waals surface area (Å²) in [5.41, 5.74) is 2.31. The van der Waals surface area contributed by atoms with Crippen LogP contribution in [0.4, 0.5) is 13.2 Å². The summed E-state index contributed by atoms with van der Waals surface area (Å²) in [5.74, 6) is -0.311. The molecular weight excluding hydrogens is 397 g/mol. The lowest BCUT2D eigenvalue weighted by molar-refractivity contribution is -0.274. The number of benzene rings is 1. The molecule has 0 aliphatic rings. The van der Waals surface area contributed by atoms with Crippen molar-refractivity contribution in [3.63, 3.8) is 0 Å². The highest BCUT2D eigenvalue weighted by atomic mass is 32.2. The standard InChI is InChI=1S/C18H19F3N2O2S2/c1-12-4-7-15(11-22-12)13(2)27(3,24)23-17(26)10-14-5-8-16(9-6-14)25-18(19,20)21/h4-9,11,13H,10H2,1-3H3. The quantitative estimate of drug-likeness (QED) is 0.643. The van der Waals surface area contributed by atoms with Gasteiger partial charge in [0, 0.05) is 24.6 Å². The molecular formula is C18H19F3N2O2S2. The lowest BCUT2D eigenvalue weighted by Gasteiger charge is -2.14. The Kier molecular flexibility index (Phi) is 6.59. The average molecular weight is 416 g/mol. The molecule has 27 heavy (non-hydrogen) atoms. The Hall–Kier alpha value is -2.00. The topological polar surface area (TPSA) is 51.5 Å². The van der Waals surface area contributed by atoms with E-state index in [0.29, 0.717) is 5.56 Å². The van der Waals surface area contributed by atoms with Crippen molar-refractivity contribution < 1.29 is 22.1 Å². The number of aryl methyl sites for hydroxylation is 1. The molecule has 2 atom stereocenters. The van der Waals surface area contributed by atoms with E-state index in [9.17, 15) is 17.4 Å². The van der Waals surface area contributed by atoms with E-state index in [1.807, 2.05) is 19.1 Å². The number of halogens is 3. The van der Waals surface area contributed by atoms with Gasteiger partial charge in [-0.15, -0.1) is 13.2 Å². The van der Waals surface area contributed by atoms with Crippen LogP contribution in [-0.2, 0) is 16.1 Å². The first-order chi connectivity index (χ1) is 12.5. The van der Waals surface area contributed by atoms with Crippen LogP contribution in [0.25, 0.3) is 0 Å². The summed E-state index contributed by atoms with van der Waals surface area (Å²) in [7, 11) is -2.66. The predicted octanol–water partition coefficient (Wildman–Crippen LogP) is 5.02. The first-order valence-corrected chi connectivity index (χ1v) is 10.4. The number of rotatable bonds is 5. The summed E-state index contributed by atoms with van der Waals surface area (Å²) in [6, 6.07) is 9.03. The van der Waals surface area contributed by atoms with Crippen molar-refractivity contribution in [3.05, 3.63) is 59.4 Å². The van der Waals surface area contributed by atoms with E-state index in [-0.39, 0.29) is 22.4 Å². The van der Waals surface area contributed by atoms with E-state index in [4.69, 9.17) is 12.2 Å². The summed E-state index contributed by atoms with van der Waals surface area (Å²) in [6.07, 6.45) is -1.34. The number of hydrogen-bond donors (Lipinski definition) is 0. The van der Waals surface area contributed by atoms with Gasteiger partial charge in [0.25, 0.3) is 0 Å². The fourth-order valence-corrected chi connectivity index (χ4v) is 4.15. The Labute approximate surface area is 162 Å². The minimum atomic E-state index is -4.74.